The van der Waals surface area contributed by atoms with Crippen LogP contribution in [0.3, 0.4) is 0 Å². The molecule has 0 aliphatic rings. The predicted molar refractivity (Wildman–Crippen MR) is 144 cm³/mol. The van der Waals surface area contributed by atoms with Gasteiger partial charge in [0.1, 0.15) is 19.3 Å². The minimum Gasteiger partial charge on any atom is -0.462 e. The number of carbonyl (C=O) groups excluding carboxylic acids is 4. The Morgan fingerprint density at radius 1 is 0.579 bits per heavy atom. The standard InChI is InChI=1S/C29H52O9/c1-5-6-7-8-9-10-11-12-13-14-15-16-17-26(33)18-19-27(37-25(4)32)20-29(34)38-28(21-35-23(2)30)22-36-24(3)31/h26-28,33H,5-22H2,1-4H3. The largest absolute Gasteiger partial charge is 0.462 e. The van der Waals surface area contributed by atoms with Gasteiger partial charge in [-0.25, -0.2) is 0 Å². The first-order chi connectivity index (χ1) is 18.1. The third kappa shape index (κ3) is 24.2. The van der Waals surface area contributed by atoms with Crippen LogP contribution in [0.2, 0.25) is 0 Å². The Morgan fingerprint density at radius 2 is 1.05 bits per heavy atom. The Labute approximate surface area is 229 Å². The lowest BCUT2D eigenvalue weighted by atomic mass is 10.0. The molecule has 0 rings (SSSR count). The minimum atomic E-state index is -0.968. The van der Waals surface area contributed by atoms with Gasteiger partial charge in [0.25, 0.3) is 0 Å². The second-order valence-electron chi connectivity index (χ2n) is 10.1. The molecule has 38 heavy (non-hydrogen) atoms. The van der Waals surface area contributed by atoms with Crippen LogP contribution in [0.5, 0.6) is 0 Å². The van der Waals surface area contributed by atoms with Crippen molar-refractivity contribution in [3.63, 3.8) is 0 Å². The number of hydrogen-bond acceptors (Lipinski definition) is 9. The molecule has 1 N–H and O–H groups in total. The maximum atomic E-state index is 12.4. The molecule has 0 aromatic carbocycles. The molecular weight excluding hydrogens is 492 g/mol. The SMILES string of the molecule is CCCCCCCCCCCCCCC(O)CCC(CC(=O)OC(COC(C)=O)COC(C)=O)OC(C)=O. The highest BCUT2D eigenvalue weighted by Gasteiger charge is 2.23. The van der Waals surface area contributed by atoms with Gasteiger partial charge in [-0.3, -0.25) is 19.2 Å². The Hall–Kier alpha value is -2.16. The molecule has 9 heteroatoms. The fraction of sp³-hybridized carbons (Fsp3) is 0.862. The Bertz CT molecular complexity index is 632. The summed E-state index contributed by atoms with van der Waals surface area (Å²) in [5.74, 6) is -2.34. The third-order valence-corrected chi connectivity index (χ3v) is 6.18. The summed E-state index contributed by atoms with van der Waals surface area (Å²) in [6, 6.07) is 0. The van der Waals surface area contributed by atoms with Gasteiger partial charge in [0, 0.05) is 20.8 Å². The molecule has 0 saturated carbocycles. The first-order valence-corrected chi connectivity index (χ1v) is 14.5. The Kier molecular flexibility index (Phi) is 22.6. The molecule has 0 amide bonds. The predicted octanol–water partition coefficient (Wildman–Crippen LogP) is 5.58. The van der Waals surface area contributed by atoms with Gasteiger partial charge in [0.15, 0.2) is 6.10 Å². The molecule has 0 heterocycles. The molecule has 0 radical (unpaired) electrons. The zero-order valence-electron chi connectivity index (χ0n) is 24.2. The average molecular weight is 545 g/mol. The van der Waals surface area contributed by atoms with E-state index in [2.05, 4.69) is 6.92 Å². The van der Waals surface area contributed by atoms with Crippen molar-refractivity contribution in [3.05, 3.63) is 0 Å². The fourth-order valence-corrected chi connectivity index (χ4v) is 4.14. The van der Waals surface area contributed by atoms with Crippen molar-refractivity contribution in [2.24, 2.45) is 0 Å². The van der Waals surface area contributed by atoms with Gasteiger partial charge in [-0.15, -0.1) is 0 Å². The normalized spacial score (nSPS) is 12.6. The van der Waals surface area contributed by atoms with Crippen LogP contribution < -0.4 is 0 Å². The van der Waals surface area contributed by atoms with Crippen molar-refractivity contribution in [1.29, 1.82) is 0 Å². The van der Waals surface area contributed by atoms with Crippen LogP contribution in [-0.2, 0) is 38.1 Å². The molecule has 0 aliphatic carbocycles. The number of hydrogen-bond donors (Lipinski definition) is 1. The van der Waals surface area contributed by atoms with Gasteiger partial charge < -0.3 is 24.1 Å². The number of esters is 4. The molecule has 2 atom stereocenters. The fourth-order valence-electron chi connectivity index (χ4n) is 4.14. The van der Waals surface area contributed by atoms with Gasteiger partial charge in [0.05, 0.1) is 12.5 Å². The monoisotopic (exact) mass is 544 g/mol. The number of unbranched alkanes of at least 4 members (excludes halogenated alkanes) is 11. The lowest BCUT2D eigenvalue weighted by molar-refractivity contribution is -0.169. The summed E-state index contributed by atoms with van der Waals surface area (Å²) >= 11 is 0. The molecule has 0 bridgehead atoms. The number of rotatable bonds is 24. The Morgan fingerprint density at radius 3 is 1.50 bits per heavy atom. The molecule has 0 saturated heterocycles. The summed E-state index contributed by atoms with van der Waals surface area (Å²) in [6.07, 6.45) is 14.0. The number of ether oxygens (including phenoxy) is 4. The average Bonchev–Trinajstić information content (AvgIpc) is 2.84. The molecule has 0 fully saturated rings. The zero-order valence-corrected chi connectivity index (χ0v) is 24.2. The molecule has 222 valence electrons. The highest BCUT2D eigenvalue weighted by Crippen LogP contribution is 2.17. The van der Waals surface area contributed by atoms with Crippen LogP contribution >= 0.6 is 0 Å². The van der Waals surface area contributed by atoms with E-state index in [1.165, 1.54) is 85.0 Å². The second kappa shape index (κ2) is 23.9. The summed E-state index contributed by atoms with van der Waals surface area (Å²) in [6.45, 7) is 5.40. The zero-order chi connectivity index (χ0) is 28.6. The van der Waals surface area contributed by atoms with Crippen LogP contribution in [0.1, 0.15) is 130 Å². The van der Waals surface area contributed by atoms with Crippen molar-refractivity contribution < 1.29 is 43.2 Å². The van der Waals surface area contributed by atoms with Crippen molar-refractivity contribution in [2.45, 2.75) is 149 Å². The highest BCUT2D eigenvalue weighted by molar-refractivity contribution is 5.72. The first kappa shape index (κ1) is 35.8. The quantitative estimate of drug-likeness (QED) is 0.0941. The highest BCUT2D eigenvalue weighted by atomic mass is 16.6. The Balaban J connectivity index is 4.24. The van der Waals surface area contributed by atoms with Crippen molar-refractivity contribution in [3.8, 4) is 0 Å². The van der Waals surface area contributed by atoms with E-state index in [1.54, 1.807) is 0 Å². The van der Waals surface area contributed by atoms with E-state index in [1.807, 2.05) is 0 Å². The van der Waals surface area contributed by atoms with Gasteiger partial charge in [-0.2, -0.15) is 0 Å². The van der Waals surface area contributed by atoms with E-state index in [0.29, 0.717) is 19.3 Å². The summed E-state index contributed by atoms with van der Waals surface area (Å²) in [4.78, 5) is 46.1. The molecule has 0 spiro atoms. The summed E-state index contributed by atoms with van der Waals surface area (Å²) in [7, 11) is 0. The molecule has 0 aliphatic heterocycles. The number of aliphatic hydroxyl groups is 1. The molecule has 0 aromatic rings. The van der Waals surface area contributed by atoms with Gasteiger partial charge in [-0.05, 0) is 19.3 Å². The number of aliphatic hydroxyl groups excluding tert-OH is 1. The van der Waals surface area contributed by atoms with E-state index >= 15 is 0 Å². The van der Waals surface area contributed by atoms with E-state index in [0.717, 1.165) is 12.8 Å². The van der Waals surface area contributed by atoms with E-state index in [9.17, 15) is 24.3 Å². The second-order valence-corrected chi connectivity index (χ2v) is 10.1. The topological polar surface area (TPSA) is 125 Å². The maximum absolute atomic E-state index is 12.4. The van der Waals surface area contributed by atoms with Crippen LogP contribution in [0.15, 0.2) is 0 Å². The van der Waals surface area contributed by atoms with Crippen molar-refractivity contribution >= 4 is 23.9 Å². The maximum Gasteiger partial charge on any atom is 0.310 e. The van der Waals surface area contributed by atoms with E-state index < -0.39 is 42.2 Å². The summed E-state index contributed by atoms with van der Waals surface area (Å²) in [5.41, 5.74) is 0. The van der Waals surface area contributed by atoms with Crippen molar-refractivity contribution in [2.75, 3.05) is 13.2 Å². The van der Waals surface area contributed by atoms with E-state index in [-0.39, 0.29) is 19.6 Å². The van der Waals surface area contributed by atoms with Gasteiger partial charge in [-0.1, -0.05) is 84.0 Å². The van der Waals surface area contributed by atoms with Crippen LogP contribution in [-0.4, -0.2) is 60.5 Å². The third-order valence-electron chi connectivity index (χ3n) is 6.18. The van der Waals surface area contributed by atoms with E-state index in [4.69, 9.17) is 18.9 Å². The minimum absolute atomic E-state index is 0.221. The first-order valence-electron chi connectivity index (χ1n) is 14.5. The molecule has 0 aromatic heterocycles. The van der Waals surface area contributed by atoms with Crippen LogP contribution in [0, 0.1) is 0 Å². The van der Waals surface area contributed by atoms with Crippen LogP contribution in [0.25, 0.3) is 0 Å². The molecule has 9 nitrogen and oxygen atoms in total. The summed E-state index contributed by atoms with van der Waals surface area (Å²) < 4.78 is 20.2. The van der Waals surface area contributed by atoms with Crippen molar-refractivity contribution in [1.82, 2.24) is 0 Å². The number of carbonyl (C=O) groups is 4. The summed E-state index contributed by atoms with van der Waals surface area (Å²) in [5, 5.41) is 10.4. The lowest BCUT2D eigenvalue weighted by Crippen LogP contribution is -2.32. The van der Waals surface area contributed by atoms with Gasteiger partial charge in [0.2, 0.25) is 0 Å². The lowest BCUT2D eigenvalue weighted by Gasteiger charge is -2.21. The van der Waals surface area contributed by atoms with Gasteiger partial charge >= 0.3 is 23.9 Å². The molecule has 2 unspecified atom stereocenters. The molecular formula is C29H52O9. The smallest absolute Gasteiger partial charge is 0.310 e. The van der Waals surface area contributed by atoms with Crippen LogP contribution in [0.4, 0.5) is 0 Å².